The minimum atomic E-state index is -0.820. The van der Waals surface area contributed by atoms with Gasteiger partial charge in [0.1, 0.15) is 17.8 Å². The molecule has 0 bridgehead atoms. The second-order valence-electron chi connectivity index (χ2n) is 17.6. The molecule has 322 valence electrons. The van der Waals surface area contributed by atoms with E-state index in [1.54, 1.807) is 23.5 Å². The van der Waals surface area contributed by atoms with Gasteiger partial charge in [-0.1, -0.05) is 109 Å². The van der Waals surface area contributed by atoms with Gasteiger partial charge >= 0.3 is 5.97 Å². The Balaban J connectivity index is 0.794. The van der Waals surface area contributed by atoms with Crippen molar-refractivity contribution in [2.75, 3.05) is 19.6 Å². The lowest BCUT2D eigenvalue weighted by Crippen LogP contribution is -2.42. The molecule has 4 N–H and O–H groups in total. The first kappa shape index (κ1) is 42.5. The number of hydrogen-bond donors (Lipinski definition) is 4. The molecule has 8 nitrogen and oxygen atoms in total. The van der Waals surface area contributed by atoms with E-state index in [0.717, 1.165) is 78.9 Å². The molecule has 1 aliphatic carbocycles. The number of phenols is 1. The Bertz CT molecular complexity index is 2680. The number of fused-ring (bicyclic) bond motifs is 1. The Morgan fingerprint density at radius 3 is 2.25 bits per heavy atom. The van der Waals surface area contributed by atoms with Crippen LogP contribution in [0.1, 0.15) is 88.8 Å². The van der Waals surface area contributed by atoms with Gasteiger partial charge in [-0.2, -0.15) is 0 Å². The normalized spacial score (nSPS) is 16.5. The number of aromatic hydroxyl groups is 1. The summed E-state index contributed by atoms with van der Waals surface area (Å²) in [4.78, 5) is 33.7. The molecule has 2 aromatic heterocycles. The van der Waals surface area contributed by atoms with Crippen LogP contribution in [0.2, 0.25) is 0 Å². The van der Waals surface area contributed by atoms with E-state index in [0.29, 0.717) is 35.0 Å². The molecule has 63 heavy (non-hydrogen) atoms. The van der Waals surface area contributed by atoms with Crippen molar-refractivity contribution in [1.29, 1.82) is 0 Å². The number of rotatable bonds is 14. The maximum Gasteiger partial charge on any atom is 0.318 e. The van der Waals surface area contributed by atoms with Gasteiger partial charge in [0.25, 0.3) is 0 Å². The first-order valence-electron chi connectivity index (χ1n) is 22.3. The number of pyridine rings is 1. The largest absolute Gasteiger partial charge is 0.506 e. The molecule has 5 aromatic carbocycles. The SMILES string of the molecule is O=C(OC1CCC2(CC1)CCN(Cc1ccccc1)CC2)C(c1ccccc1)c1cccc(-c2ccc(Cc3ccc(CNCC(O)c4ccc(O)c5[nH]c(=O)ccc45)cc3)s2)c1. The van der Waals surface area contributed by atoms with E-state index in [2.05, 4.69) is 106 Å². The third-order valence-corrected chi connectivity index (χ3v) is 14.4. The maximum atomic E-state index is 14.2. The average molecular weight is 858 g/mol. The molecule has 0 amide bonds. The maximum absolute atomic E-state index is 14.2. The van der Waals surface area contributed by atoms with Gasteiger partial charge in [0.2, 0.25) is 5.56 Å². The Labute approximate surface area is 373 Å². The van der Waals surface area contributed by atoms with E-state index in [4.69, 9.17) is 4.74 Å². The molecule has 2 aliphatic rings. The fraction of sp³-hybridized carbons (Fsp3) is 0.296. The van der Waals surface area contributed by atoms with Crippen LogP contribution in [0.3, 0.4) is 0 Å². The van der Waals surface area contributed by atoms with Crippen LogP contribution in [0, 0.1) is 5.41 Å². The summed E-state index contributed by atoms with van der Waals surface area (Å²) in [6.45, 7) is 4.17. The van der Waals surface area contributed by atoms with E-state index >= 15 is 0 Å². The number of likely N-dealkylation sites (tertiary alicyclic amines) is 1. The van der Waals surface area contributed by atoms with Crippen molar-refractivity contribution in [3.05, 3.63) is 194 Å². The molecule has 1 saturated heterocycles. The van der Waals surface area contributed by atoms with Crippen LogP contribution in [0.25, 0.3) is 21.3 Å². The highest BCUT2D eigenvalue weighted by atomic mass is 32.1. The first-order valence-corrected chi connectivity index (χ1v) is 23.1. The Morgan fingerprint density at radius 2 is 1.49 bits per heavy atom. The Kier molecular flexibility index (Phi) is 13.0. The van der Waals surface area contributed by atoms with Crippen molar-refractivity contribution in [2.45, 2.75) is 76.2 Å². The minimum Gasteiger partial charge on any atom is -0.506 e. The van der Waals surface area contributed by atoms with Gasteiger partial charge in [0, 0.05) is 47.3 Å². The standard InChI is InChI=1S/C54H55N3O5S/c58-47-21-19-45(46-20-23-50(60)56-52(46)47)48(59)35-55-34-38-16-14-37(15-17-38)32-44-18-22-49(63-44)41-12-7-13-42(33-41)51(40-10-5-2-6-11-40)53(61)62-43-24-26-54(27-25-43)28-30-57(31-29-54)36-39-8-3-1-4-9-39/h1-23,33,43,48,51,55,58-59H,24-32,34-36H2,(H,56,60). The molecular formula is C54H55N3O5S. The van der Waals surface area contributed by atoms with Crippen LogP contribution in [0.5, 0.6) is 5.75 Å². The number of phenolic OH excluding ortho intramolecular Hbond substituents is 1. The summed E-state index contributed by atoms with van der Waals surface area (Å²) < 4.78 is 6.41. The number of aliphatic hydroxyl groups excluding tert-OH is 1. The molecule has 0 radical (unpaired) electrons. The van der Waals surface area contributed by atoms with Crippen molar-refractivity contribution in [1.82, 2.24) is 15.2 Å². The summed E-state index contributed by atoms with van der Waals surface area (Å²) in [5, 5.41) is 25.1. The number of carbonyl (C=O) groups is 1. The number of aliphatic hydroxyl groups is 1. The molecule has 2 fully saturated rings. The highest BCUT2D eigenvalue weighted by Crippen LogP contribution is 2.46. The first-order chi connectivity index (χ1) is 30.8. The monoisotopic (exact) mass is 857 g/mol. The lowest BCUT2D eigenvalue weighted by molar-refractivity contribution is -0.153. The van der Waals surface area contributed by atoms with Crippen LogP contribution in [-0.4, -0.2) is 51.8 Å². The van der Waals surface area contributed by atoms with E-state index in [9.17, 15) is 19.8 Å². The number of benzene rings is 5. The zero-order chi connectivity index (χ0) is 43.2. The summed E-state index contributed by atoms with van der Waals surface area (Å²) in [7, 11) is 0. The third kappa shape index (κ3) is 10.2. The highest BCUT2D eigenvalue weighted by Gasteiger charge is 2.39. The van der Waals surface area contributed by atoms with Gasteiger partial charge in [0.15, 0.2) is 0 Å². The van der Waals surface area contributed by atoms with Crippen molar-refractivity contribution in [3.8, 4) is 16.2 Å². The minimum absolute atomic E-state index is 0.0282. The van der Waals surface area contributed by atoms with Crippen LogP contribution < -0.4 is 10.9 Å². The molecule has 9 rings (SSSR count). The number of nitrogens with one attached hydrogen (secondary N) is 2. The summed E-state index contributed by atoms with van der Waals surface area (Å²) in [5.41, 5.74) is 7.70. The van der Waals surface area contributed by atoms with E-state index in [-0.39, 0.29) is 23.4 Å². The molecule has 2 unspecified atom stereocenters. The number of ether oxygens (including phenoxy) is 1. The van der Waals surface area contributed by atoms with Crippen molar-refractivity contribution in [3.63, 3.8) is 0 Å². The van der Waals surface area contributed by atoms with Gasteiger partial charge in [-0.05, 0) is 126 Å². The van der Waals surface area contributed by atoms with E-state index in [1.165, 1.54) is 41.0 Å². The van der Waals surface area contributed by atoms with Gasteiger partial charge in [0.05, 0.1) is 11.6 Å². The molecular weight excluding hydrogens is 803 g/mol. The van der Waals surface area contributed by atoms with Crippen molar-refractivity contribution >= 4 is 28.2 Å². The molecule has 1 aliphatic heterocycles. The predicted molar refractivity (Wildman–Crippen MR) is 252 cm³/mol. The smallest absolute Gasteiger partial charge is 0.318 e. The molecule has 7 aromatic rings. The molecule has 3 heterocycles. The number of nitrogens with zero attached hydrogens (tertiary/aromatic N) is 1. The van der Waals surface area contributed by atoms with Crippen LogP contribution in [0.4, 0.5) is 0 Å². The summed E-state index contributed by atoms with van der Waals surface area (Å²) in [6.07, 6.45) is 6.47. The number of piperidine rings is 1. The summed E-state index contributed by atoms with van der Waals surface area (Å²) in [6, 6.07) is 48.3. The lowest BCUT2D eigenvalue weighted by Gasteiger charge is -2.46. The van der Waals surface area contributed by atoms with Gasteiger partial charge in [-0.15, -0.1) is 11.3 Å². The average Bonchev–Trinajstić information content (AvgIpc) is 3.78. The molecule has 1 spiro atoms. The summed E-state index contributed by atoms with van der Waals surface area (Å²) in [5.74, 6) is -0.693. The fourth-order valence-corrected chi connectivity index (χ4v) is 10.7. The van der Waals surface area contributed by atoms with Crippen molar-refractivity contribution < 1.29 is 19.7 Å². The van der Waals surface area contributed by atoms with E-state index in [1.807, 2.05) is 30.3 Å². The number of thiophene rings is 1. The zero-order valence-electron chi connectivity index (χ0n) is 35.5. The number of H-pyrrole nitrogens is 1. The summed E-state index contributed by atoms with van der Waals surface area (Å²) >= 11 is 1.77. The second-order valence-corrected chi connectivity index (χ2v) is 18.7. The fourth-order valence-electron chi connectivity index (χ4n) is 9.68. The second kappa shape index (κ2) is 19.3. The Morgan fingerprint density at radius 1 is 0.778 bits per heavy atom. The number of aromatic amines is 1. The van der Waals surface area contributed by atoms with Crippen molar-refractivity contribution in [2.24, 2.45) is 5.41 Å². The van der Waals surface area contributed by atoms with Crippen LogP contribution in [0.15, 0.2) is 150 Å². The number of hydrogen-bond acceptors (Lipinski definition) is 8. The predicted octanol–water partition coefficient (Wildman–Crippen LogP) is 10.3. The van der Waals surface area contributed by atoms with Gasteiger partial charge in [-0.25, -0.2) is 0 Å². The molecule has 9 heteroatoms. The highest BCUT2D eigenvalue weighted by molar-refractivity contribution is 7.15. The number of carbonyl (C=O) groups excluding carboxylic acids is 1. The topological polar surface area (TPSA) is 115 Å². The number of esters is 1. The zero-order valence-corrected chi connectivity index (χ0v) is 36.4. The molecule has 1 saturated carbocycles. The third-order valence-electron chi connectivity index (χ3n) is 13.3. The lowest BCUT2D eigenvalue weighted by atomic mass is 9.67. The van der Waals surface area contributed by atoms with Gasteiger partial charge in [-0.3, -0.25) is 14.5 Å². The quantitative estimate of drug-likeness (QED) is 0.0806. The van der Waals surface area contributed by atoms with E-state index < -0.39 is 12.0 Å². The van der Waals surface area contributed by atoms with Gasteiger partial charge < -0.3 is 25.3 Å². The Hall–Kier alpha value is -5.84. The number of aromatic nitrogens is 1. The molecule has 2 atom stereocenters. The van der Waals surface area contributed by atoms with Crippen LogP contribution in [-0.2, 0) is 29.0 Å². The van der Waals surface area contributed by atoms with Crippen LogP contribution >= 0.6 is 11.3 Å².